The van der Waals surface area contributed by atoms with E-state index in [9.17, 15) is 5.11 Å². The van der Waals surface area contributed by atoms with Crippen molar-refractivity contribution in [3.05, 3.63) is 41.3 Å². The first-order valence-electron chi connectivity index (χ1n) is 11.6. The number of aromatic nitrogens is 4. The molecule has 8 nitrogen and oxygen atoms in total. The highest BCUT2D eigenvalue weighted by Crippen LogP contribution is 2.26. The second-order valence-electron chi connectivity index (χ2n) is 9.26. The fourth-order valence-corrected chi connectivity index (χ4v) is 4.37. The molecule has 1 fully saturated rings. The lowest BCUT2D eigenvalue weighted by atomic mass is 10.0. The average Bonchev–Trinajstić information content (AvgIpc) is 3.13. The van der Waals surface area contributed by atoms with Gasteiger partial charge in [0, 0.05) is 56.6 Å². The third-order valence-electron chi connectivity index (χ3n) is 6.26. The molecule has 0 saturated carbocycles. The minimum atomic E-state index is -0.989. The molecule has 3 aromatic rings. The number of β-amino-alcohol motifs (C(OH)–C–C–N with tert-alkyl or cyclic N) is 1. The lowest BCUT2D eigenvalue weighted by molar-refractivity contribution is 0.141. The van der Waals surface area contributed by atoms with Crippen LogP contribution >= 0.6 is 0 Å². The Bertz CT molecular complexity index is 1110. The van der Waals surface area contributed by atoms with Crippen LogP contribution in [0.2, 0.25) is 0 Å². The van der Waals surface area contributed by atoms with Crippen molar-refractivity contribution in [2.75, 3.05) is 37.6 Å². The maximum Gasteiger partial charge on any atom is 0.159 e. The Morgan fingerprint density at radius 3 is 2.58 bits per heavy atom. The van der Waals surface area contributed by atoms with Crippen molar-refractivity contribution < 1.29 is 9.50 Å². The quantitative estimate of drug-likeness (QED) is 0.510. The Hall–Kier alpha value is -2.62. The lowest BCUT2D eigenvalue weighted by Gasteiger charge is -2.36. The highest BCUT2D eigenvalue weighted by atomic mass is 19.1. The molecule has 1 saturated heterocycles. The second-order valence-corrected chi connectivity index (χ2v) is 9.26. The van der Waals surface area contributed by atoms with Gasteiger partial charge >= 0.3 is 0 Å². The fourth-order valence-electron chi connectivity index (χ4n) is 4.37. The number of aryl methyl sites for hydroxylation is 2. The Kier molecular flexibility index (Phi) is 6.92. The van der Waals surface area contributed by atoms with Crippen LogP contribution in [-0.4, -0.2) is 80.8 Å². The van der Waals surface area contributed by atoms with Crippen LogP contribution in [0.5, 0.6) is 0 Å². The largest absolute Gasteiger partial charge is 0.389 e. The van der Waals surface area contributed by atoms with E-state index in [0.29, 0.717) is 50.8 Å². The van der Waals surface area contributed by atoms with Gasteiger partial charge < -0.3 is 15.7 Å². The zero-order valence-electron chi connectivity index (χ0n) is 19.9. The molecule has 9 heteroatoms. The van der Waals surface area contributed by atoms with Crippen molar-refractivity contribution >= 4 is 16.7 Å². The number of rotatable bonds is 9. The van der Waals surface area contributed by atoms with Crippen LogP contribution in [0.4, 0.5) is 10.2 Å². The van der Waals surface area contributed by atoms with E-state index in [1.54, 1.807) is 4.68 Å². The molecule has 1 aliphatic rings. The molecule has 2 aromatic heterocycles. The maximum atomic E-state index is 15.1. The zero-order valence-corrected chi connectivity index (χ0v) is 19.9. The molecule has 1 atom stereocenters. The number of anilines is 1. The summed E-state index contributed by atoms with van der Waals surface area (Å²) >= 11 is 0. The van der Waals surface area contributed by atoms with Gasteiger partial charge in [0.25, 0.3) is 0 Å². The van der Waals surface area contributed by atoms with Gasteiger partial charge in [-0.1, -0.05) is 0 Å². The van der Waals surface area contributed by atoms with Gasteiger partial charge in [-0.3, -0.25) is 4.90 Å². The third kappa shape index (κ3) is 5.15. The summed E-state index contributed by atoms with van der Waals surface area (Å²) in [6.45, 7) is 10.7. The third-order valence-corrected chi connectivity index (χ3v) is 6.26. The molecule has 0 radical (unpaired) electrons. The number of benzene rings is 1. The number of fused-ring (bicyclic) bond motifs is 1. The first kappa shape index (κ1) is 23.5. The fraction of sp³-hybridized carbons (Fsp3) is 0.542. The van der Waals surface area contributed by atoms with Crippen LogP contribution in [0, 0.1) is 13.8 Å². The van der Waals surface area contributed by atoms with E-state index in [2.05, 4.69) is 39.9 Å². The number of nitrogens with zero attached hydrogens (tertiary/aromatic N) is 6. The van der Waals surface area contributed by atoms with E-state index in [0.717, 1.165) is 27.8 Å². The van der Waals surface area contributed by atoms with Gasteiger partial charge in [-0.15, -0.1) is 0 Å². The van der Waals surface area contributed by atoms with Gasteiger partial charge in [-0.25, -0.2) is 19.0 Å². The Morgan fingerprint density at radius 1 is 1.18 bits per heavy atom. The normalized spacial score (nSPS) is 15.6. The molecule has 0 bridgehead atoms. The van der Waals surface area contributed by atoms with Crippen LogP contribution in [0.15, 0.2) is 24.4 Å². The Balaban J connectivity index is 1.61. The number of halogens is 1. The van der Waals surface area contributed by atoms with Gasteiger partial charge in [-0.05, 0) is 51.0 Å². The molecule has 33 heavy (non-hydrogen) atoms. The molecular weight excluding hydrogens is 421 g/mol. The van der Waals surface area contributed by atoms with Gasteiger partial charge in [0.1, 0.15) is 17.8 Å². The highest BCUT2D eigenvalue weighted by Gasteiger charge is 2.26. The van der Waals surface area contributed by atoms with Crippen LogP contribution in [0.1, 0.15) is 30.8 Å². The molecule has 0 aliphatic carbocycles. The first-order valence-corrected chi connectivity index (χ1v) is 11.6. The van der Waals surface area contributed by atoms with Crippen molar-refractivity contribution in [2.24, 2.45) is 5.73 Å². The molecule has 3 N–H and O–H groups in total. The van der Waals surface area contributed by atoms with Crippen LogP contribution < -0.4 is 10.6 Å². The van der Waals surface area contributed by atoms with E-state index in [4.69, 9.17) is 5.73 Å². The smallest absolute Gasteiger partial charge is 0.159 e. The summed E-state index contributed by atoms with van der Waals surface area (Å²) in [5.41, 5.74) is 8.60. The van der Waals surface area contributed by atoms with E-state index in [-0.39, 0.29) is 12.1 Å². The minimum Gasteiger partial charge on any atom is -0.389 e. The van der Waals surface area contributed by atoms with E-state index in [1.165, 1.54) is 0 Å². The summed E-state index contributed by atoms with van der Waals surface area (Å²) in [6, 6.07) is 6.22. The number of aliphatic hydroxyl groups excluding tert-OH is 1. The molecule has 1 aromatic carbocycles. The van der Waals surface area contributed by atoms with Gasteiger partial charge in [0.2, 0.25) is 0 Å². The molecule has 0 spiro atoms. The minimum absolute atomic E-state index is 0.250. The van der Waals surface area contributed by atoms with Crippen molar-refractivity contribution in [2.45, 2.75) is 52.4 Å². The predicted octanol–water partition coefficient (Wildman–Crippen LogP) is 2.16. The average molecular weight is 456 g/mol. The number of nitrogens with two attached hydrogens (primary N) is 1. The van der Waals surface area contributed by atoms with Crippen LogP contribution in [0.25, 0.3) is 16.7 Å². The predicted molar refractivity (Wildman–Crippen MR) is 129 cm³/mol. The topological polar surface area (TPSA) is 96.3 Å². The molecule has 1 aliphatic heterocycles. The highest BCUT2D eigenvalue weighted by molar-refractivity contribution is 5.82. The Morgan fingerprint density at radius 2 is 1.91 bits per heavy atom. The van der Waals surface area contributed by atoms with E-state index in [1.807, 2.05) is 37.1 Å². The first-order chi connectivity index (χ1) is 15.7. The Labute approximate surface area is 194 Å². The summed E-state index contributed by atoms with van der Waals surface area (Å²) in [5, 5.41) is 15.2. The van der Waals surface area contributed by atoms with Crippen molar-refractivity contribution in [3.8, 4) is 5.82 Å². The van der Waals surface area contributed by atoms with Gasteiger partial charge in [-0.2, -0.15) is 5.10 Å². The number of hydrogen-bond donors (Lipinski definition) is 2. The van der Waals surface area contributed by atoms with E-state index >= 15 is 4.39 Å². The molecular formula is C24H34FN7O. The lowest BCUT2D eigenvalue weighted by Crippen LogP contribution is -2.51. The summed E-state index contributed by atoms with van der Waals surface area (Å²) in [6.07, 6.45) is 0.841. The van der Waals surface area contributed by atoms with Crippen molar-refractivity contribution in [1.82, 2.24) is 24.6 Å². The monoisotopic (exact) mass is 455 g/mol. The molecule has 4 rings (SSSR count). The van der Waals surface area contributed by atoms with Gasteiger partial charge in [0.15, 0.2) is 5.82 Å². The number of alkyl halides is 1. The molecule has 178 valence electrons. The van der Waals surface area contributed by atoms with Gasteiger partial charge in [0.05, 0.1) is 17.8 Å². The SMILES string of the molecule is Cc1nc(N2CC(O)C2)cc(-n2ncc3cc(C)c(CC(F)CN(CCN)C(C)C)cc32)n1. The molecule has 1 unspecified atom stereocenters. The standard InChI is InChI=1S/C24H34FN7O/c1-15(2)30(6-5-26)12-20(25)8-18-9-22-19(7-16(18)3)11-27-32(22)24-10-23(28-17(4)29-24)31-13-21(33)14-31/h7,9-11,15,20-21,33H,5-6,8,12-14,26H2,1-4H3. The summed E-state index contributed by atoms with van der Waals surface area (Å²) < 4.78 is 16.9. The summed E-state index contributed by atoms with van der Waals surface area (Å²) in [4.78, 5) is 13.2. The van der Waals surface area contributed by atoms with Crippen molar-refractivity contribution in [1.29, 1.82) is 0 Å². The van der Waals surface area contributed by atoms with Crippen LogP contribution in [0.3, 0.4) is 0 Å². The number of aliphatic hydroxyl groups is 1. The molecule has 3 heterocycles. The second kappa shape index (κ2) is 9.70. The summed E-state index contributed by atoms with van der Waals surface area (Å²) in [5.74, 6) is 2.07. The number of hydrogen-bond acceptors (Lipinski definition) is 7. The molecule has 0 amide bonds. The van der Waals surface area contributed by atoms with E-state index < -0.39 is 6.17 Å². The maximum absolute atomic E-state index is 15.1. The van der Waals surface area contributed by atoms with Crippen LogP contribution in [-0.2, 0) is 6.42 Å². The zero-order chi connectivity index (χ0) is 23.7. The summed E-state index contributed by atoms with van der Waals surface area (Å²) in [7, 11) is 0. The van der Waals surface area contributed by atoms with Crippen molar-refractivity contribution in [3.63, 3.8) is 0 Å².